The van der Waals surface area contributed by atoms with E-state index in [-0.39, 0.29) is 22.6 Å². The molecule has 0 aliphatic carbocycles. The number of para-hydroxylation sites is 1. The molecule has 0 fully saturated rings. The monoisotopic (exact) mass is 460 g/mol. The Morgan fingerprint density at radius 1 is 1.10 bits per heavy atom. The number of sulfonamides is 1. The van der Waals surface area contributed by atoms with Gasteiger partial charge in [0.05, 0.1) is 5.69 Å². The number of amides is 1. The zero-order chi connectivity index (χ0) is 22.6. The Morgan fingerprint density at radius 2 is 1.84 bits per heavy atom. The van der Waals surface area contributed by atoms with Gasteiger partial charge in [-0.05, 0) is 51.0 Å². The van der Waals surface area contributed by atoms with Crippen LogP contribution >= 0.6 is 11.3 Å². The summed E-state index contributed by atoms with van der Waals surface area (Å²) in [5, 5.41) is 10.2. The van der Waals surface area contributed by atoms with Gasteiger partial charge in [0.2, 0.25) is 5.13 Å². The number of rotatable bonds is 8. The number of hydrogen-bond donors (Lipinski definition) is 1. The van der Waals surface area contributed by atoms with Gasteiger partial charge in [0, 0.05) is 6.54 Å². The molecule has 31 heavy (non-hydrogen) atoms. The van der Waals surface area contributed by atoms with E-state index in [4.69, 9.17) is 4.74 Å². The van der Waals surface area contributed by atoms with E-state index < -0.39 is 15.9 Å². The molecule has 1 heterocycles. The summed E-state index contributed by atoms with van der Waals surface area (Å²) < 4.78 is 32.9. The van der Waals surface area contributed by atoms with E-state index in [9.17, 15) is 13.2 Å². The molecule has 3 rings (SSSR count). The molecule has 0 radical (unpaired) electrons. The number of carbonyl (C=O) groups excluding carboxylic acids is 1. The lowest BCUT2D eigenvalue weighted by atomic mass is 10.1. The van der Waals surface area contributed by atoms with Gasteiger partial charge < -0.3 is 4.74 Å². The molecule has 0 spiro atoms. The average molecular weight is 461 g/mol. The Balaban J connectivity index is 1.72. The summed E-state index contributed by atoms with van der Waals surface area (Å²) in [4.78, 5) is 12.2. The van der Waals surface area contributed by atoms with Gasteiger partial charge in [0.15, 0.2) is 6.61 Å². The van der Waals surface area contributed by atoms with Crippen LogP contribution in [0.25, 0.3) is 0 Å². The number of hydrogen-bond acceptors (Lipinski definition) is 7. The molecular weight excluding hydrogens is 436 g/mol. The first-order chi connectivity index (χ1) is 14.7. The summed E-state index contributed by atoms with van der Waals surface area (Å²) in [6, 6.07) is 12.9. The van der Waals surface area contributed by atoms with Crippen LogP contribution in [0.2, 0.25) is 0 Å². The molecule has 0 unspecified atom stereocenters. The van der Waals surface area contributed by atoms with Crippen molar-refractivity contribution in [3.8, 4) is 5.75 Å². The Hall–Kier alpha value is -2.98. The Labute approximate surface area is 185 Å². The van der Waals surface area contributed by atoms with Crippen LogP contribution < -0.4 is 14.4 Å². The van der Waals surface area contributed by atoms with Gasteiger partial charge in [-0.2, -0.15) is 8.42 Å². The highest BCUT2D eigenvalue weighted by molar-refractivity contribution is 7.94. The average Bonchev–Trinajstić information content (AvgIpc) is 3.19. The zero-order valence-electron chi connectivity index (χ0n) is 17.7. The number of benzene rings is 2. The SMILES string of the molecule is CCN(c1ccc(C)cc1C)S(=O)(=O)c1nnc(NC(=O)COc2ccccc2C)s1. The van der Waals surface area contributed by atoms with Gasteiger partial charge >= 0.3 is 0 Å². The maximum atomic E-state index is 13.1. The van der Waals surface area contributed by atoms with E-state index in [1.54, 1.807) is 19.1 Å². The van der Waals surface area contributed by atoms with E-state index in [2.05, 4.69) is 15.5 Å². The molecule has 2 aromatic carbocycles. The van der Waals surface area contributed by atoms with Gasteiger partial charge in [0.1, 0.15) is 5.75 Å². The fourth-order valence-corrected chi connectivity index (χ4v) is 5.59. The number of nitrogens with one attached hydrogen (secondary N) is 1. The van der Waals surface area contributed by atoms with Crippen molar-refractivity contribution < 1.29 is 17.9 Å². The summed E-state index contributed by atoms with van der Waals surface area (Å²) >= 11 is 0.801. The first-order valence-electron chi connectivity index (χ1n) is 9.64. The van der Waals surface area contributed by atoms with Crippen molar-refractivity contribution in [2.24, 2.45) is 0 Å². The predicted molar refractivity (Wildman–Crippen MR) is 121 cm³/mol. The van der Waals surface area contributed by atoms with Crippen molar-refractivity contribution in [2.75, 3.05) is 22.8 Å². The highest BCUT2D eigenvalue weighted by Crippen LogP contribution is 2.30. The van der Waals surface area contributed by atoms with Crippen molar-refractivity contribution in [2.45, 2.75) is 32.0 Å². The van der Waals surface area contributed by atoms with E-state index >= 15 is 0 Å². The maximum Gasteiger partial charge on any atom is 0.293 e. The van der Waals surface area contributed by atoms with Crippen molar-refractivity contribution in [1.29, 1.82) is 0 Å². The number of nitrogens with zero attached hydrogens (tertiary/aromatic N) is 3. The second-order valence-corrected chi connectivity index (χ2v) is 9.95. The first-order valence-corrected chi connectivity index (χ1v) is 11.9. The molecule has 0 saturated heterocycles. The number of ether oxygens (including phenoxy) is 1. The van der Waals surface area contributed by atoms with Crippen molar-refractivity contribution in [3.05, 3.63) is 59.2 Å². The molecule has 0 aliphatic heterocycles. The Bertz CT molecular complexity index is 1190. The molecule has 3 aromatic rings. The lowest BCUT2D eigenvalue weighted by molar-refractivity contribution is -0.118. The minimum Gasteiger partial charge on any atom is -0.483 e. The first kappa shape index (κ1) is 22.7. The van der Waals surface area contributed by atoms with E-state index in [0.717, 1.165) is 28.0 Å². The molecule has 0 aliphatic rings. The van der Waals surface area contributed by atoms with Crippen molar-refractivity contribution in [3.63, 3.8) is 0 Å². The normalized spacial score (nSPS) is 11.2. The molecule has 164 valence electrons. The van der Waals surface area contributed by atoms with Crippen LogP contribution in [-0.2, 0) is 14.8 Å². The van der Waals surface area contributed by atoms with Gasteiger partial charge in [0.25, 0.3) is 20.3 Å². The quantitative estimate of drug-likeness (QED) is 0.515. The molecule has 1 amide bonds. The third-order valence-corrected chi connectivity index (χ3v) is 7.60. The molecule has 0 bridgehead atoms. The van der Waals surface area contributed by atoms with Gasteiger partial charge in [-0.3, -0.25) is 14.4 Å². The Kier molecular flexibility index (Phi) is 6.91. The van der Waals surface area contributed by atoms with Crippen molar-refractivity contribution in [1.82, 2.24) is 10.2 Å². The van der Waals surface area contributed by atoms with E-state index in [1.807, 2.05) is 51.1 Å². The van der Waals surface area contributed by atoms with E-state index in [0.29, 0.717) is 11.4 Å². The van der Waals surface area contributed by atoms with Gasteiger partial charge in [-0.25, -0.2) is 0 Å². The summed E-state index contributed by atoms with van der Waals surface area (Å²) in [5.41, 5.74) is 3.38. The highest BCUT2D eigenvalue weighted by atomic mass is 32.2. The number of anilines is 2. The molecule has 10 heteroatoms. The van der Waals surface area contributed by atoms with E-state index in [1.165, 1.54) is 4.31 Å². The van der Waals surface area contributed by atoms with Crippen LogP contribution in [0, 0.1) is 20.8 Å². The smallest absolute Gasteiger partial charge is 0.293 e. The van der Waals surface area contributed by atoms with Crippen LogP contribution in [-0.4, -0.2) is 37.7 Å². The molecule has 8 nitrogen and oxygen atoms in total. The molecule has 0 saturated carbocycles. The maximum absolute atomic E-state index is 13.1. The minimum absolute atomic E-state index is 0.0913. The van der Waals surface area contributed by atoms with Crippen molar-refractivity contribution >= 4 is 38.1 Å². The van der Waals surface area contributed by atoms with Crippen LogP contribution in [0.4, 0.5) is 10.8 Å². The van der Waals surface area contributed by atoms with Gasteiger partial charge in [-0.1, -0.05) is 47.2 Å². The lowest BCUT2D eigenvalue weighted by Gasteiger charge is -2.23. The topological polar surface area (TPSA) is 101 Å². The Morgan fingerprint density at radius 3 is 2.52 bits per heavy atom. The van der Waals surface area contributed by atoms with Crippen LogP contribution in [0.15, 0.2) is 46.8 Å². The molecule has 1 aromatic heterocycles. The summed E-state index contributed by atoms with van der Waals surface area (Å²) in [7, 11) is -3.92. The van der Waals surface area contributed by atoms with Crippen LogP contribution in [0.5, 0.6) is 5.75 Å². The second-order valence-electron chi connectivity index (χ2n) is 6.94. The summed E-state index contributed by atoms with van der Waals surface area (Å²) in [5.74, 6) is 0.148. The molecule has 0 atom stereocenters. The third kappa shape index (κ3) is 5.20. The fraction of sp³-hybridized carbons (Fsp3) is 0.286. The predicted octanol–water partition coefficient (Wildman–Crippen LogP) is 3.70. The molecular formula is C21H24N4O4S2. The zero-order valence-corrected chi connectivity index (χ0v) is 19.4. The summed E-state index contributed by atoms with van der Waals surface area (Å²) in [6.07, 6.45) is 0. The standard InChI is InChI=1S/C21H24N4O4S2/c1-5-25(17-11-10-14(2)12-16(17)4)31(27,28)21-24-23-20(30-21)22-19(26)13-29-18-9-7-6-8-15(18)3/h6-12H,5,13H2,1-4H3,(H,22,23,26). The lowest BCUT2D eigenvalue weighted by Crippen LogP contribution is -2.31. The minimum atomic E-state index is -3.92. The third-order valence-electron chi connectivity index (χ3n) is 4.52. The molecule has 1 N–H and O–H groups in total. The van der Waals surface area contributed by atoms with Crippen LogP contribution in [0.1, 0.15) is 23.6 Å². The van der Waals surface area contributed by atoms with Gasteiger partial charge in [-0.15, -0.1) is 10.2 Å². The summed E-state index contributed by atoms with van der Waals surface area (Å²) in [6.45, 7) is 7.45. The fourth-order valence-electron chi connectivity index (χ4n) is 3.03. The second kappa shape index (κ2) is 9.44. The number of carbonyl (C=O) groups is 1. The van der Waals surface area contributed by atoms with Crippen LogP contribution in [0.3, 0.4) is 0 Å². The largest absolute Gasteiger partial charge is 0.483 e. The number of aromatic nitrogens is 2. The highest BCUT2D eigenvalue weighted by Gasteiger charge is 2.29. The number of aryl methyl sites for hydroxylation is 3.